The predicted octanol–water partition coefficient (Wildman–Crippen LogP) is 3.62. The van der Waals surface area contributed by atoms with E-state index in [1.54, 1.807) is 11.3 Å². The molecule has 1 amide bonds. The number of thioether (sulfide) groups is 1. The molecule has 1 aliphatic rings. The van der Waals surface area contributed by atoms with Gasteiger partial charge in [0, 0.05) is 33.2 Å². The van der Waals surface area contributed by atoms with E-state index in [1.807, 2.05) is 48.3 Å². The Balaban J connectivity index is 1.19. The van der Waals surface area contributed by atoms with Crippen molar-refractivity contribution >= 4 is 55.4 Å². The lowest BCUT2D eigenvalue weighted by atomic mass is 10.3. The molecular formula is C21H21N5OS2. The number of nitrogens with zero attached hydrogens (tertiary/aromatic N) is 5. The molecule has 2 aromatic carbocycles. The summed E-state index contributed by atoms with van der Waals surface area (Å²) in [5.41, 5.74) is 3.10. The van der Waals surface area contributed by atoms with E-state index in [1.165, 1.54) is 16.5 Å². The molecule has 148 valence electrons. The van der Waals surface area contributed by atoms with Crippen LogP contribution in [-0.4, -0.2) is 57.3 Å². The van der Waals surface area contributed by atoms with Gasteiger partial charge in [0.1, 0.15) is 0 Å². The Morgan fingerprint density at radius 3 is 2.48 bits per heavy atom. The van der Waals surface area contributed by atoms with Crippen LogP contribution in [0, 0.1) is 0 Å². The second kappa shape index (κ2) is 7.68. The van der Waals surface area contributed by atoms with Gasteiger partial charge in [-0.25, -0.2) is 9.97 Å². The van der Waals surface area contributed by atoms with Crippen molar-refractivity contribution in [2.75, 3.05) is 36.8 Å². The van der Waals surface area contributed by atoms with Crippen LogP contribution < -0.4 is 4.90 Å². The molecule has 6 nitrogen and oxygen atoms in total. The van der Waals surface area contributed by atoms with Gasteiger partial charge in [-0.2, -0.15) is 0 Å². The number of hydrogen-bond donors (Lipinski definition) is 0. The van der Waals surface area contributed by atoms with E-state index < -0.39 is 0 Å². The lowest BCUT2D eigenvalue weighted by Gasteiger charge is -2.34. The number of benzene rings is 2. The molecule has 0 radical (unpaired) electrons. The van der Waals surface area contributed by atoms with E-state index in [2.05, 4.69) is 26.6 Å². The average molecular weight is 424 g/mol. The molecule has 3 heterocycles. The lowest BCUT2D eigenvalue weighted by Crippen LogP contribution is -2.49. The molecular weight excluding hydrogens is 402 g/mol. The summed E-state index contributed by atoms with van der Waals surface area (Å²) < 4.78 is 3.26. The first-order valence-corrected chi connectivity index (χ1v) is 11.4. The highest BCUT2D eigenvalue weighted by Crippen LogP contribution is 2.29. The van der Waals surface area contributed by atoms with Gasteiger partial charge >= 0.3 is 0 Å². The topological polar surface area (TPSA) is 54.3 Å². The molecule has 0 unspecified atom stereocenters. The second-order valence-electron chi connectivity index (χ2n) is 7.06. The van der Waals surface area contributed by atoms with E-state index in [0.717, 1.165) is 53.0 Å². The number of fused-ring (bicyclic) bond motifs is 2. The number of aromatic nitrogens is 3. The van der Waals surface area contributed by atoms with Gasteiger partial charge in [0.05, 0.1) is 27.0 Å². The van der Waals surface area contributed by atoms with E-state index >= 15 is 0 Å². The first-order valence-electron chi connectivity index (χ1n) is 9.61. The third-order valence-corrected chi connectivity index (χ3v) is 7.37. The van der Waals surface area contributed by atoms with Crippen LogP contribution in [0.2, 0.25) is 0 Å². The van der Waals surface area contributed by atoms with Crippen LogP contribution in [-0.2, 0) is 11.8 Å². The quantitative estimate of drug-likeness (QED) is 0.469. The average Bonchev–Trinajstić information content (AvgIpc) is 3.34. The van der Waals surface area contributed by atoms with Gasteiger partial charge in [-0.3, -0.25) is 4.79 Å². The minimum Gasteiger partial charge on any atom is -0.345 e. The van der Waals surface area contributed by atoms with E-state index in [-0.39, 0.29) is 5.91 Å². The number of hydrogen-bond acceptors (Lipinski definition) is 6. The molecule has 29 heavy (non-hydrogen) atoms. The van der Waals surface area contributed by atoms with Crippen LogP contribution in [0.3, 0.4) is 0 Å². The van der Waals surface area contributed by atoms with Crippen molar-refractivity contribution in [2.24, 2.45) is 7.05 Å². The minimum absolute atomic E-state index is 0.172. The number of para-hydroxylation sites is 3. The molecule has 1 saturated heterocycles. The summed E-state index contributed by atoms with van der Waals surface area (Å²) in [7, 11) is 2.00. The molecule has 1 aliphatic heterocycles. The number of anilines is 1. The normalized spacial score (nSPS) is 14.8. The number of carbonyl (C=O) groups excluding carboxylic acids is 1. The first kappa shape index (κ1) is 18.4. The van der Waals surface area contributed by atoms with E-state index in [4.69, 9.17) is 4.98 Å². The van der Waals surface area contributed by atoms with Gasteiger partial charge < -0.3 is 14.4 Å². The van der Waals surface area contributed by atoms with Crippen LogP contribution in [0.1, 0.15) is 0 Å². The summed E-state index contributed by atoms with van der Waals surface area (Å²) in [6.07, 6.45) is 0. The Kier molecular flexibility index (Phi) is 4.89. The molecule has 5 rings (SSSR count). The standard InChI is InChI=1S/C21H21N5OS2/c1-24-17-8-4-2-6-15(17)22-20(24)28-14-19(27)25-10-12-26(13-11-25)21-23-16-7-3-5-9-18(16)29-21/h2-9H,10-14H2,1H3. The first-order chi connectivity index (χ1) is 14.2. The summed E-state index contributed by atoms with van der Waals surface area (Å²) in [6, 6.07) is 16.3. The Morgan fingerprint density at radius 1 is 1.00 bits per heavy atom. The van der Waals surface area contributed by atoms with Crippen molar-refractivity contribution in [1.82, 2.24) is 19.4 Å². The van der Waals surface area contributed by atoms with Gasteiger partial charge in [-0.15, -0.1) is 0 Å². The van der Waals surface area contributed by atoms with Gasteiger partial charge in [0.15, 0.2) is 10.3 Å². The molecule has 0 aliphatic carbocycles. The molecule has 0 N–H and O–H groups in total. The van der Waals surface area contributed by atoms with Crippen LogP contribution in [0.15, 0.2) is 53.7 Å². The number of amides is 1. The van der Waals surface area contributed by atoms with Crippen LogP contribution in [0.5, 0.6) is 0 Å². The van der Waals surface area contributed by atoms with Crippen molar-refractivity contribution in [3.63, 3.8) is 0 Å². The number of imidazole rings is 1. The zero-order valence-electron chi connectivity index (χ0n) is 16.1. The Morgan fingerprint density at radius 2 is 1.72 bits per heavy atom. The Labute approximate surface area is 177 Å². The molecule has 0 atom stereocenters. The number of piperazine rings is 1. The number of thiazole rings is 1. The van der Waals surface area contributed by atoms with Crippen molar-refractivity contribution in [1.29, 1.82) is 0 Å². The third-order valence-electron chi connectivity index (χ3n) is 5.26. The van der Waals surface area contributed by atoms with E-state index in [9.17, 15) is 4.79 Å². The third kappa shape index (κ3) is 3.58. The summed E-state index contributed by atoms with van der Waals surface area (Å²) in [4.78, 5) is 26.3. The summed E-state index contributed by atoms with van der Waals surface area (Å²) in [5, 5.41) is 1.93. The molecule has 2 aromatic heterocycles. The van der Waals surface area contributed by atoms with E-state index in [0.29, 0.717) is 5.75 Å². The molecule has 0 spiro atoms. The van der Waals surface area contributed by atoms with Crippen molar-refractivity contribution in [3.8, 4) is 0 Å². The molecule has 0 bridgehead atoms. The fourth-order valence-corrected chi connectivity index (χ4v) is 5.52. The number of aryl methyl sites for hydroxylation is 1. The predicted molar refractivity (Wildman–Crippen MR) is 120 cm³/mol. The van der Waals surface area contributed by atoms with Crippen LogP contribution in [0.4, 0.5) is 5.13 Å². The maximum Gasteiger partial charge on any atom is 0.233 e. The molecule has 1 fully saturated rings. The lowest BCUT2D eigenvalue weighted by molar-refractivity contribution is -0.128. The fraction of sp³-hybridized carbons (Fsp3) is 0.286. The Hall–Kier alpha value is -2.58. The minimum atomic E-state index is 0.172. The van der Waals surface area contributed by atoms with Gasteiger partial charge in [0.25, 0.3) is 0 Å². The van der Waals surface area contributed by atoms with Crippen molar-refractivity contribution < 1.29 is 4.79 Å². The highest BCUT2D eigenvalue weighted by atomic mass is 32.2. The Bertz CT molecular complexity index is 1140. The SMILES string of the molecule is Cn1c(SCC(=O)N2CCN(c3nc4ccccc4s3)CC2)nc2ccccc21. The van der Waals surface area contributed by atoms with Crippen LogP contribution in [0.25, 0.3) is 21.3 Å². The highest BCUT2D eigenvalue weighted by molar-refractivity contribution is 7.99. The number of rotatable bonds is 4. The van der Waals surface area contributed by atoms with Gasteiger partial charge in [-0.1, -0.05) is 47.4 Å². The second-order valence-corrected chi connectivity index (χ2v) is 9.01. The summed E-state index contributed by atoms with van der Waals surface area (Å²) in [5.74, 6) is 0.587. The molecule has 4 aromatic rings. The zero-order chi connectivity index (χ0) is 19.8. The monoisotopic (exact) mass is 423 g/mol. The summed E-state index contributed by atoms with van der Waals surface area (Å²) >= 11 is 3.23. The number of carbonyl (C=O) groups is 1. The fourth-order valence-electron chi connectivity index (χ4n) is 3.61. The van der Waals surface area contributed by atoms with Gasteiger partial charge in [0.2, 0.25) is 5.91 Å². The maximum absolute atomic E-state index is 12.7. The zero-order valence-corrected chi connectivity index (χ0v) is 17.7. The highest BCUT2D eigenvalue weighted by Gasteiger charge is 2.23. The van der Waals surface area contributed by atoms with Crippen molar-refractivity contribution in [2.45, 2.75) is 5.16 Å². The maximum atomic E-state index is 12.7. The van der Waals surface area contributed by atoms with Crippen molar-refractivity contribution in [3.05, 3.63) is 48.5 Å². The summed E-state index contributed by atoms with van der Waals surface area (Å²) in [6.45, 7) is 3.11. The smallest absolute Gasteiger partial charge is 0.233 e. The molecule has 8 heteroatoms. The van der Waals surface area contributed by atoms with Crippen LogP contribution >= 0.6 is 23.1 Å². The van der Waals surface area contributed by atoms with Gasteiger partial charge in [-0.05, 0) is 24.3 Å². The molecule has 0 saturated carbocycles. The largest absolute Gasteiger partial charge is 0.345 e.